The lowest BCUT2D eigenvalue weighted by Crippen LogP contribution is -2.15. The van der Waals surface area contributed by atoms with Crippen molar-refractivity contribution in [2.45, 2.75) is 51.9 Å². The molecule has 3 unspecified atom stereocenters. The van der Waals surface area contributed by atoms with Crippen LogP contribution >= 0.6 is 0 Å². The summed E-state index contributed by atoms with van der Waals surface area (Å²) in [7, 11) is 0. The van der Waals surface area contributed by atoms with Gasteiger partial charge in [-0.25, -0.2) is 4.79 Å². The number of hydrogen-bond donors (Lipinski definition) is 2. The molecule has 5 nitrogen and oxygen atoms in total. The van der Waals surface area contributed by atoms with Gasteiger partial charge in [-0.3, -0.25) is 0 Å². The van der Waals surface area contributed by atoms with Gasteiger partial charge in [-0.15, -0.1) is 0 Å². The molecule has 1 aromatic carbocycles. The third-order valence-electron chi connectivity index (χ3n) is 4.04. The molecule has 20 heavy (non-hydrogen) atoms. The van der Waals surface area contributed by atoms with Crippen LogP contribution < -0.4 is 9.47 Å². The van der Waals surface area contributed by atoms with Gasteiger partial charge in [0.1, 0.15) is 23.7 Å². The van der Waals surface area contributed by atoms with Crippen LogP contribution in [0.15, 0.2) is 0 Å². The SMILES string of the molecule is Cc1c2c(c(C(O)C(=O)O)c3c1OC(C)C3)OC(C)C2. The average molecular weight is 278 g/mol. The van der Waals surface area contributed by atoms with Crippen molar-refractivity contribution < 1.29 is 24.5 Å². The van der Waals surface area contributed by atoms with E-state index in [2.05, 4.69) is 0 Å². The second-order valence-electron chi connectivity index (χ2n) is 5.66. The minimum absolute atomic E-state index is 0.0107. The molecule has 2 N–H and O–H groups in total. The Kier molecular flexibility index (Phi) is 2.90. The van der Waals surface area contributed by atoms with Crippen molar-refractivity contribution in [2.24, 2.45) is 0 Å². The second kappa shape index (κ2) is 4.38. The molecular formula is C15H18O5. The Morgan fingerprint density at radius 3 is 2.30 bits per heavy atom. The highest BCUT2D eigenvalue weighted by Gasteiger charge is 2.38. The molecule has 0 aromatic heterocycles. The highest BCUT2D eigenvalue weighted by Crippen LogP contribution is 2.48. The van der Waals surface area contributed by atoms with Gasteiger partial charge in [0.15, 0.2) is 6.10 Å². The summed E-state index contributed by atoms with van der Waals surface area (Å²) in [4.78, 5) is 11.2. The lowest BCUT2D eigenvalue weighted by atomic mass is 9.91. The van der Waals surface area contributed by atoms with Crippen LogP contribution in [-0.2, 0) is 17.6 Å². The Hall–Kier alpha value is -1.75. The Labute approximate surface area is 117 Å². The van der Waals surface area contributed by atoms with Gasteiger partial charge in [0.2, 0.25) is 0 Å². The van der Waals surface area contributed by atoms with Crippen LogP contribution in [0.1, 0.15) is 42.2 Å². The van der Waals surface area contributed by atoms with Crippen molar-refractivity contribution in [3.63, 3.8) is 0 Å². The zero-order chi connectivity index (χ0) is 14.6. The number of aliphatic hydroxyl groups is 1. The fraction of sp³-hybridized carbons (Fsp3) is 0.533. The topological polar surface area (TPSA) is 76.0 Å². The number of hydrogen-bond acceptors (Lipinski definition) is 4. The van der Waals surface area contributed by atoms with Gasteiger partial charge in [-0.2, -0.15) is 0 Å². The minimum atomic E-state index is -1.57. The molecular weight excluding hydrogens is 260 g/mol. The van der Waals surface area contributed by atoms with E-state index in [-0.39, 0.29) is 12.2 Å². The second-order valence-corrected chi connectivity index (χ2v) is 5.66. The summed E-state index contributed by atoms with van der Waals surface area (Å²) in [6, 6.07) is 0. The number of ether oxygens (including phenoxy) is 2. The van der Waals surface area contributed by atoms with Crippen LogP contribution in [-0.4, -0.2) is 28.4 Å². The average Bonchev–Trinajstić information content (AvgIpc) is 2.92. The number of carbonyl (C=O) groups is 1. The molecule has 2 aliphatic rings. The van der Waals surface area contributed by atoms with E-state index >= 15 is 0 Å². The first-order chi connectivity index (χ1) is 9.40. The molecule has 5 heteroatoms. The molecule has 2 heterocycles. The van der Waals surface area contributed by atoms with Crippen molar-refractivity contribution in [1.82, 2.24) is 0 Å². The van der Waals surface area contributed by atoms with Crippen molar-refractivity contribution in [3.05, 3.63) is 22.3 Å². The summed E-state index contributed by atoms with van der Waals surface area (Å²) < 4.78 is 11.6. The molecule has 3 rings (SSSR count). The molecule has 3 atom stereocenters. The molecule has 0 saturated carbocycles. The van der Waals surface area contributed by atoms with Crippen LogP contribution in [0.2, 0.25) is 0 Å². The van der Waals surface area contributed by atoms with Crippen LogP contribution in [0.3, 0.4) is 0 Å². The van der Waals surface area contributed by atoms with Gasteiger partial charge in [-0.1, -0.05) is 0 Å². The number of fused-ring (bicyclic) bond motifs is 2. The Balaban J connectivity index is 2.25. The van der Waals surface area contributed by atoms with E-state index < -0.39 is 12.1 Å². The predicted octanol–water partition coefficient (Wildman–Crippen LogP) is 1.76. The summed E-state index contributed by atoms with van der Waals surface area (Å²) in [6.45, 7) is 5.84. The maximum atomic E-state index is 11.2. The van der Waals surface area contributed by atoms with E-state index in [1.54, 1.807) is 0 Å². The van der Waals surface area contributed by atoms with E-state index in [1.165, 1.54) is 0 Å². The van der Waals surface area contributed by atoms with Gasteiger partial charge < -0.3 is 19.7 Å². The molecule has 0 aliphatic carbocycles. The van der Waals surface area contributed by atoms with Gasteiger partial charge in [0.25, 0.3) is 0 Å². The molecule has 108 valence electrons. The molecule has 2 aliphatic heterocycles. The maximum absolute atomic E-state index is 11.2. The van der Waals surface area contributed by atoms with Crippen molar-refractivity contribution in [3.8, 4) is 11.5 Å². The number of rotatable bonds is 2. The molecule has 0 spiro atoms. The van der Waals surface area contributed by atoms with E-state index in [4.69, 9.17) is 14.6 Å². The van der Waals surface area contributed by atoms with E-state index in [0.29, 0.717) is 24.2 Å². The van der Waals surface area contributed by atoms with E-state index in [9.17, 15) is 9.90 Å². The molecule has 0 radical (unpaired) electrons. The summed E-state index contributed by atoms with van der Waals surface area (Å²) in [5.41, 5.74) is 3.12. The molecule has 0 saturated heterocycles. The predicted molar refractivity (Wildman–Crippen MR) is 71.4 cm³/mol. The number of carboxylic acids is 1. The summed E-state index contributed by atoms with van der Waals surface area (Å²) in [5.74, 6) is 0.00607. The smallest absolute Gasteiger partial charge is 0.337 e. The number of aliphatic hydroxyl groups excluding tert-OH is 1. The Bertz CT molecular complexity index is 553. The maximum Gasteiger partial charge on any atom is 0.337 e. The first-order valence-electron chi connectivity index (χ1n) is 6.82. The standard InChI is InChI=1S/C15H18O5/c1-6-4-9-8(3)13-10(5-7(2)19-13)11(14(9)20-6)12(16)15(17)18/h6-7,12,16H,4-5H2,1-3H3,(H,17,18). The Morgan fingerprint density at radius 1 is 1.15 bits per heavy atom. The highest BCUT2D eigenvalue weighted by molar-refractivity contribution is 5.78. The zero-order valence-electron chi connectivity index (χ0n) is 11.8. The summed E-state index contributed by atoms with van der Waals surface area (Å²) in [6.07, 6.45) is -0.282. The van der Waals surface area contributed by atoms with Crippen LogP contribution in [0, 0.1) is 6.92 Å². The first kappa shape index (κ1) is 13.2. The van der Waals surface area contributed by atoms with Crippen molar-refractivity contribution >= 4 is 5.97 Å². The van der Waals surface area contributed by atoms with Crippen LogP contribution in [0.4, 0.5) is 0 Å². The number of benzene rings is 1. The minimum Gasteiger partial charge on any atom is -0.490 e. The van der Waals surface area contributed by atoms with Gasteiger partial charge in [0, 0.05) is 29.5 Å². The van der Waals surface area contributed by atoms with Gasteiger partial charge in [0.05, 0.1) is 0 Å². The number of carboxylic acid groups (broad SMARTS) is 1. The van der Waals surface area contributed by atoms with Crippen LogP contribution in [0.5, 0.6) is 11.5 Å². The van der Waals surface area contributed by atoms with Crippen LogP contribution in [0.25, 0.3) is 0 Å². The largest absolute Gasteiger partial charge is 0.490 e. The van der Waals surface area contributed by atoms with Gasteiger partial charge >= 0.3 is 5.97 Å². The fourth-order valence-corrected chi connectivity index (χ4v) is 3.17. The lowest BCUT2D eigenvalue weighted by Gasteiger charge is -2.17. The monoisotopic (exact) mass is 278 g/mol. The van der Waals surface area contributed by atoms with Crippen molar-refractivity contribution in [2.75, 3.05) is 0 Å². The van der Waals surface area contributed by atoms with Crippen molar-refractivity contribution in [1.29, 1.82) is 0 Å². The first-order valence-corrected chi connectivity index (χ1v) is 6.82. The molecule has 0 amide bonds. The lowest BCUT2D eigenvalue weighted by molar-refractivity contribution is -0.147. The molecule has 1 aromatic rings. The number of aliphatic carboxylic acids is 1. The highest BCUT2D eigenvalue weighted by atomic mass is 16.5. The third kappa shape index (κ3) is 1.77. The van der Waals surface area contributed by atoms with Gasteiger partial charge in [-0.05, 0) is 26.3 Å². The third-order valence-corrected chi connectivity index (χ3v) is 4.04. The molecule has 0 fully saturated rings. The van der Waals surface area contributed by atoms with E-state index in [1.807, 2.05) is 20.8 Å². The quantitative estimate of drug-likeness (QED) is 0.862. The summed E-state index contributed by atoms with van der Waals surface area (Å²) >= 11 is 0. The fourth-order valence-electron chi connectivity index (χ4n) is 3.17. The Morgan fingerprint density at radius 2 is 1.70 bits per heavy atom. The normalized spacial score (nSPS) is 24.6. The zero-order valence-corrected chi connectivity index (χ0v) is 11.8. The van der Waals surface area contributed by atoms with E-state index in [0.717, 1.165) is 22.4 Å². The molecule has 0 bridgehead atoms. The summed E-state index contributed by atoms with van der Waals surface area (Å²) in [5, 5.41) is 19.2.